The molecule has 1 aliphatic rings. The number of hydrogen-bond acceptors (Lipinski definition) is 3. The largest absolute Gasteiger partial charge is 0.480 e. The summed E-state index contributed by atoms with van der Waals surface area (Å²) in [6.45, 7) is 3.83. The number of carbonyl (C=O) groups is 2. The van der Waals surface area contributed by atoms with Crippen LogP contribution in [-0.4, -0.2) is 33.7 Å². The Morgan fingerprint density at radius 2 is 2.00 bits per heavy atom. The Balaban J connectivity index is 2.62. The Morgan fingerprint density at radius 3 is 2.29 bits per heavy atom. The molecule has 80 valence electrons. The molecule has 1 aliphatic heterocycles. The molecule has 1 heterocycles. The van der Waals surface area contributed by atoms with Gasteiger partial charge in [-0.15, -0.1) is 0 Å². The molecule has 14 heavy (non-hydrogen) atoms. The van der Waals surface area contributed by atoms with Crippen LogP contribution in [-0.2, 0) is 9.59 Å². The summed E-state index contributed by atoms with van der Waals surface area (Å²) >= 11 is 0. The smallest absolute Gasteiger partial charge is 0.324 e. The fraction of sp³-hybridized carbons (Fsp3) is 0.778. The molecule has 1 rings (SSSR count). The summed E-state index contributed by atoms with van der Waals surface area (Å²) < 4.78 is 0. The molecule has 0 amide bonds. The van der Waals surface area contributed by atoms with Gasteiger partial charge in [0.1, 0.15) is 11.6 Å². The summed E-state index contributed by atoms with van der Waals surface area (Å²) in [4.78, 5) is 21.5. The van der Waals surface area contributed by atoms with Crippen molar-refractivity contribution in [1.29, 1.82) is 0 Å². The minimum atomic E-state index is -1.02. The lowest BCUT2D eigenvalue weighted by atomic mass is 9.76. The van der Waals surface area contributed by atoms with Crippen LogP contribution in [0.2, 0.25) is 0 Å². The van der Waals surface area contributed by atoms with Crippen molar-refractivity contribution in [2.45, 2.75) is 38.3 Å². The maximum Gasteiger partial charge on any atom is 0.324 e. The molecule has 0 saturated carbocycles. The molecule has 3 N–H and O–H groups in total. The topological polar surface area (TPSA) is 86.6 Å². The number of nitrogens with one attached hydrogen (secondary N) is 1. The molecule has 0 radical (unpaired) electrons. The lowest BCUT2D eigenvalue weighted by molar-refractivity contribution is -0.157. The van der Waals surface area contributed by atoms with Gasteiger partial charge in [-0.25, -0.2) is 0 Å². The zero-order valence-corrected chi connectivity index (χ0v) is 8.28. The van der Waals surface area contributed by atoms with Gasteiger partial charge in [0, 0.05) is 6.42 Å². The van der Waals surface area contributed by atoms with E-state index >= 15 is 0 Å². The van der Waals surface area contributed by atoms with Gasteiger partial charge in [0.15, 0.2) is 0 Å². The van der Waals surface area contributed by atoms with Crippen LogP contribution >= 0.6 is 0 Å². The fourth-order valence-corrected chi connectivity index (χ4v) is 1.89. The van der Waals surface area contributed by atoms with Crippen molar-refractivity contribution < 1.29 is 19.8 Å². The third-order valence-corrected chi connectivity index (χ3v) is 2.47. The molecule has 0 aromatic heterocycles. The van der Waals surface area contributed by atoms with Crippen LogP contribution in [0.15, 0.2) is 0 Å². The second-order valence-corrected chi connectivity index (χ2v) is 4.22. The van der Waals surface area contributed by atoms with Gasteiger partial charge in [-0.3, -0.25) is 14.9 Å². The van der Waals surface area contributed by atoms with E-state index in [0.29, 0.717) is 6.42 Å². The molecular weight excluding hydrogens is 186 g/mol. The first-order chi connectivity index (χ1) is 6.37. The quantitative estimate of drug-likeness (QED) is 0.609. The predicted octanol–water partition coefficient (Wildman–Crippen LogP) is 0.302. The van der Waals surface area contributed by atoms with Gasteiger partial charge >= 0.3 is 11.9 Å². The minimum Gasteiger partial charge on any atom is -0.480 e. The summed E-state index contributed by atoms with van der Waals surface area (Å²) in [5.74, 6) is -1.71. The van der Waals surface area contributed by atoms with E-state index in [0.717, 1.165) is 0 Å². The molecule has 0 aromatic rings. The lowest BCUT2D eigenvalue weighted by Gasteiger charge is -2.44. The van der Waals surface area contributed by atoms with Crippen LogP contribution in [0, 0.1) is 5.92 Å². The Morgan fingerprint density at radius 1 is 1.50 bits per heavy atom. The van der Waals surface area contributed by atoms with Crippen molar-refractivity contribution in [3.8, 4) is 0 Å². The van der Waals surface area contributed by atoms with Gasteiger partial charge in [-0.05, 0) is 12.3 Å². The maximum atomic E-state index is 11.0. The zero-order valence-electron chi connectivity index (χ0n) is 8.28. The van der Waals surface area contributed by atoms with Gasteiger partial charge in [-0.1, -0.05) is 13.8 Å². The number of aliphatic carboxylic acids is 2. The van der Waals surface area contributed by atoms with Gasteiger partial charge < -0.3 is 10.2 Å². The van der Waals surface area contributed by atoms with Crippen molar-refractivity contribution in [1.82, 2.24) is 5.32 Å². The first-order valence-corrected chi connectivity index (χ1v) is 4.61. The summed E-state index contributed by atoms with van der Waals surface area (Å²) in [5.41, 5.74) is -1.02. The van der Waals surface area contributed by atoms with Crippen molar-refractivity contribution in [2.24, 2.45) is 5.92 Å². The molecule has 0 aliphatic carbocycles. The molecule has 1 saturated heterocycles. The molecule has 0 spiro atoms. The number of carboxylic acids is 2. The number of hydrogen-bond donors (Lipinski definition) is 3. The van der Waals surface area contributed by atoms with Crippen molar-refractivity contribution >= 4 is 11.9 Å². The SMILES string of the molecule is CC(C)C[C@]1(C(=O)O)C[C@@H](C(=O)O)N1. The highest BCUT2D eigenvalue weighted by Crippen LogP contribution is 2.31. The second kappa shape index (κ2) is 3.57. The predicted molar refractivity (Wildman–Crippen MR) is 49.0 cm³/mol. The van der Waals surface area contributed by atoms with E-state index in [-0.39, 0.29) is 12.3 Å². The second-order valence-electron chi connectivity index (χ2n) is 4.22. The first kappa shape index (κ1) is 11.0. The maximum absolute atomic E-state index is 11.0. The van der Waals surface area contributed by atoms with E-state index in [9.17, 15) is 9.59 Å². The van der Waals surface area contributed by atoms with Crippen LogP contribution in [0.4, 0.5) is 0 Å². The van der Waals surface area contributed by atoms with E-state index in [1.165, 1.54) is 0 Å². The van der Waals surface area contributed by atoms with Gasteiger partial charge in [0.05, 0.1) is 0 Å². The molecule has 1 fully saturated rings. The molecule has 2 atom stereocenters. The van der Waals surface area contributed by atoms with Crippen LogP contribution < -0.4 is 5.32 Å². The van der Waals surface area contributed by atoms with E-state index in [1.807, 2.05) is 13.8 Å². The van der Waals surface area contributed by atoms with Crippen molar-refractivity contribution in [3.05, 3.63) is 0 Å². The molecule has 0 unspecified atom stereocenters. The highest BCUT2D eigenvalue weighted by molar-refractivity contribution is 5.86. The normalized spacial score (nSPS) is 31.2. The average molecular weight is 201 g/mol. The van der Waals surface area contributed by atoms with Crippen LogP contribution in [0.3, 0.4) is 0 Å². The molecule has 5 nitrogen and oxygen atoms in total. The van der Waals surface area contributed by atoms with Crippen LogP contribution in [0.5, 0.6) is 0 Å². The highest BCUT2D eigenvalue weighted by atomic mass is 16.4. The first-order valence-electron chi connectivity index (χ1n) is 4.61. The van der Waals surface area contributed by atoms with Gasteiger partial charge in [0.2, 0.25) is 0 Å². The fourth-order valence-electron chi connectivity index (χ4n) is 1.89. The van der Waals surface area contributed by atoms with Gasteiger partial charge in [-0.2, -0.15) is 0 Å². The van der Waals surface area contributed by atoms with E-state index in [1.54, 1.807) is 0 Å². The number of rotatable bonds is 4. The summed E-state index contributed by atoms with van der Waals surface area (Å²) in [5, 5.41) is 20.2. The van der Waals surface area contributed by atoms with E-state index in [4.69, 9.17) is 10.2 Å². The van der Waals surface area contributed by atoms with Crippen LogP contribution in [0.25, 0.3) is 0 Å². The lowest BCUT2D eigenvalue weighted by Crippen LogP contribution is -2.70. The van der Waals surface area contributed by atoms with Crippen LogP contribution in [0.1, 0.15) is 26.7 Å². The highest BCUT2D eigenvalue weighted by Gasteiger charge is 2.52. The Labute approximate surface area is 82.1 Å². The summed E-state index contributed by atoms with van der Waals surface area (Å²) in [7, 11) is 0. The third kappa shape index (κ3) is 1.87. The molecule has 0 bridgehead atoms. The summed E-state index contributed by atoms with van der Waals surface area (Å²) in [6, 6.07) is -0.704. The Kier molecular flexibility index (Phi) is 2.80. The summed E-state index contributed by atoms with van der Waals surface area (Å²) in [6.07, 6.45) is 0.641. The minimum absolute atomic E-state index is 0.176. The molecular formula is C9H15NO4. The Bertz CT molecular complexity index is 256. The van der Waals surface area contributed by atoms with Gasteiger partial charge in [0.25, 0.3) is 0 Å². The van der Waals surface area contributed by atoms with Crippen molar-refractivity contribution in [3.63, 3.8) is 0 Å². The van der Waals surface area contributed by atoms with E-state index in [2.05, 4.69) is 5.32 Å². The Hall–Kier alpha value is -1.10. The van der Waals surface area contributed by atoms with Crippen molar-refractivity contribution in [2.75, 3.05) is 0 Å². The third-order valence-electron chi connectivity index (χ3n) is 2.47. The molecule has 0 aromatic carbocycles. The average Bonchev–Trinajstić information content (AvgIpc) is 1.93. The van der Waals surface area contributed by atoms with E-state index < -0.39 is 23.5 Å². The molecule has 5 heteroatoms. The number of carboxylic acid groups (broad SMARTS) is 2. The zero-order chi connectivity index (χ0) is 10.9. The standard InChI is InChI=1S/C9H15NO4/c1-5(2)3-9(8(13)14)4-6(10-9)7(11)12/h5-6,10H,3-4H2,1-2H3,(H,11,12)(H,13,14)/t6-,9+/m0/s1. The monoisotopic (exact) mass is 201 g/mol.